The second kappa shape index (κ2) is 7.92. The average molecular weight is 433 g/mol. The minimum atomic E-state index is -0.460. The molecule has 3 rings (SSSR count). The Morgan fingerprint density at radius 2 is 1.80 bits per heavy atom. The number of fused-ring (bicyclic) bond motifs is 1. The zero-order valence-corrected chi connectivity index (χ0v) is 19.2. The van der Waals surface area contributed by atoms with Gasteiger partial charge in [0.2, 0.25) is 0 Å². The Bertz CT molecular complexity index is 994. The molecule has 0 atom stereocenters. The van der Waals surface area contributed by atoms with Gasteiger partial charge in [-0.3, -0.25) is 4.79 Å². The van der Waals surface area contributed by atoms with Crippen molar-refractivity contribution < 1.29 is 23.8 Å². The fourth-order valence-electron chi connectivity index (χ4n) is 4.09. The second-order valence-corrected chi connectivity index (χ2v) is 9.46. The first kappa shape index (κ1) is 22.1. The van der Waals surface area contributed by atoms with E-state index in [2.05, 4.69) is 38.3 Å². The Labute approximate surface area is 180 Å². The van der Waals surface area contributed by atoms with Gasteiger partial charge < -0.3 is 24.8 Å². The van der Waals surface area contributed by atoms with Crippen molar-refractivity contribution in [2.45, 2.75) is 45.2 Å². The van der Waals surface area contributed by atoms with Crippen LogP contribution in [0, 0.1) is 0 Å². The monoisotopic (exact) mass is 432 g/mol. The molecule has 0 fully saturated rings. The molecule has 7 nitrogen and oxygen atoms in total. The topological polar surface area (TPSA) is 85.9 Å². The van der Waals surface area contributed by atoms with Crippen LogP contribution >= 0.6 is 11.3 Å². The molecule has 0 unspecified atom stereocenters. The van der Waals surface area contributed by atoms with Crippen molar-refractivity contribution in [3.63, 3.8) is 0 Å². The van der Waals surface area contributed by atoms with Crippen molar-refractivity contribution in [1.82, 2.24) is 5.32 Å². The van der Waals surface area contributed by atoms with E-state index >= 15 is 0 Å². The molecule has 162 valence electrons. The lowest BCUT2D eigenvalue weighted by Crippen LogP contribution is -2.55. The van der Waals surface area contributed by atoms with Gasteiger partial charge in [0.05, 0.1) is 32.5 Å². The molecule has 8 heteroatoms. The number of esters is 1. The van der Waals surface area contributed by atoms with E-state index in [4.69, 9.17) is 14.2 Å². The Morgan fingerprint density at radius 1 is 1.10 bits per heavy atom. The molecule has 1 aliphatic heterocycles. The number of benzene rings is 1. The van der Waals surface area contributed by atoms with Crippen LogP contribution in [0.4, 0.5) is 5.00 Å². The van der Waals surface area contributed by atoms with Gasteiger partial charge in [-0.1, -0.05) is 0 Å². The maximum absolute atomic E-state index is 13.1. The summed E-state index contributed by atoms with van der Waals surface area (Å²) >= 11 is 1.40. The van der Waals surface area contributed by atoms with E-state index in [-0.39, 0.29) is 17.0 Å². The average Bonchev–Trinajstić information content (AvgIpc) is 3.03. The van der Waals surface area contributed by atoms with Crippen LogP contribution in [0.1, 0.15) is 58.9 Å². The minimum Gasteiger partial charge on any atom is -0.497 e. The van der Waals surface area contributed by atoms with Gasteiger partial charge in [-0.2, -0.15) is 0 Å². The summed E-state index contributed by atoms with van der Waals surface area (Å²) in [7, 11) is 4.39. The predicted octanol–water partition coefficient (Wildman–Crippen LogP) is 3.96. The molecule has 1 amide bonds. The summed E-state index contributed by atoms with van der Waals surface area (Å²) < 4.78 is 15.6. The smallest absolute Gasteiger partial charge is 0.341 e. The first-order valence-electron chi connectivity index (χ1n) is 9.60. The SMILES string of the molecule is COC(=O)c1c(NC(=O)c2ccc(OC)cc2OC)sc2c1CC(C)(C)NC2(C)C. The molecule has 1 aromatic carbocycles. The van der Waals surface area contributed by atoms with Crippen LogP contribution in [0.25, 0.3) is 0 Å². The third-order valence-electron chi connectivity index (χ3n) is 5.11. The number of ether oxygens (including phenoxy) is 3. The number of hydrogen-bond acceptors (Lipinski definition) is 7. The molecule has 1 aromatic heterocycles. The lowest BCUT2D eigenvalue weighted by Gasteiger charge is -2.42. The van der Waals surface area contributed by atoms with Crippen LogP contribution in [0.5, 0.6) is 11.5 Å². The maximum atomic E-state index is 13.1. The summed E-state index contributed by atoms with van der Waals surface area (Å²) in [6, 6.07) is 4.96. The number of amides is 1. The third-order valence-corrected chi connectivity index (χ3v) is 6.59. The molecule has 0 saturated heterocycles. The standard InChI is InChI=1S/C22H28N2O5S/c1-21(2)11-14-16(20(26)29-7)19(30-17(14)22(3,4)24-21)23-18(25)13-9-8-12(27-5)10-15(13)28-6/h8-10,24H,11H2,1-7H3,(H,23,25). The van der Waals surface area contributed by atoms with Crippen molar-refractivity contribution in [3.8, 4) is 11.5 Å². The third kappa shape index (κ3) is 4.02. The highest BCUT2D eigenvalue weighted by Gasteiger charge is 2.42. The van der Waals surface area contributed by atoms with Crippen LogP contribution in [-0.2, 0) is 16.7 Å². The Balaban J connectivity index is 2.06. The number of carbonyl (C=O) groups excluding carboxylic acids is 2. The maximum Gasteiger partial charge on any atom is 0.341 e. The minimum absolute atomic E-state index is 0.208. The van der Waals surface area contributed by atoms with Crippen LogP contribution in [0.3, 0.4) is 0 Å². The lowest BCUT2D eigenvalue weighted by atomic mass is 9.81. The quantitative estimate of drug-likeness (QED) is 0.696. The number of thiophene rings is 1. The summed E-state index contributed by atoms with van der Waals surface area (Å²) in [6.07, 6.45) is 0.647. The molecule has 30 heavy (non-hydrogen) atoms. The molecule has 2 heterocycles. The van der Waals surface area contributed by atoms with Gasteiger partial charge >= 0.3 is 5.97 Å². The van der Waals surface area contributed by atoms with Gasteiger partial charge in [-0.15, -0.1) is 11.3 Å². The van der Waals surface area contributed by atoms with Crippen molar-refractivity contribution in [2.24, 2.45) is 0 Å². The molecule has 0 aliphatic carbocycles. The van der Waals surface area contributed by atoms with Crippen molar-refractivity contribution in [1.29, 1.82) is 0 Å². The Hall–Kier alpha value is -2.58. The van der Waals surface area contributed by atoms with Gasteiger partial charge in [0.15, 0.2) is 0 Å². The van der Waals surface area contributed by atoms with E-state index in [1.807, 2.05) is 0 Å². The summed E-state index contributed by atoms with van der Waals surface area (Å²) in [6.45, 7) is 8.33. The van der Waals surface area contributed by atoms with E-state index in [0.717, 1.165) is 10.4 Å². The number of methoxy groups -OCH3 is 3. The first-order valence-corrected chi connectivity index (χ1v) is 10.4. The van der Waals surface area contributed by atoms with E-state index in [0.29, 0.717) is 34.0 Å². The molecule has 0 spiro atoms. The molecule has 0 bridgehead atoms. The van der Waals surface area contributed by atoms with E-state index in [1.165, 1.54) is 25.6 Å². The molecule has 1 aliphatic rings. The summed E-state index contributed by atoms with van der Waals surface area (Å²) in [5.74, 6) is 0.137. The van der Waals surface area contributed by atoms with Gasteiger partial charge in [-0.25, -0.2) is 4.79 Å². The first-order chi connectivity index (χ1) is 14.0. The van der Waals surface area contributed by atoms with Crippen LogP contribution in [0.15, 0.2) is 18.2 Å². The van der Waals surface area contributed by atoms with Crippen LogP contribution < -0.4 is 20.1 Å². The predicted molar refractivity (Wildman–Crippen MR) is 117 cm³/mol. The number of rotatable bonds is 5. The molecule has 0 saturated carbocycles. The molecule has 0 radical (unpaired) electrons. The summed E-state index contributed by atoms with van der Waals surface area (Å²) in [4.78, 5) is 26.8. The van der Waals surface area contributed by atoms with E-state index in [9.17, 15) is 9.59 Å². The fraction of sp³-hybridized carbons (Fsp3) is 0.455. The number of carbonyl (C=O) groups is 2. The lowest BCUT2D eigenvalue weighted by molar-refractivity contribution is 0.0600. The largest absolute Gasteiger partial charge is 0.497 e. The van der Waals surface area contributed by atoms with E-state index < -0.39 is 5.97 Å². The van der Waals surface area contributed by atoms with Gasteiger partial charge in [0.25, 0.3) is 5.91 Å². The molecular weight excluding hydrogens is 404 g/mol. The summed E-state index contributed by atoms with van der Waals surface area (Å²) in [5.41, 5.74) is 1.11. The number of anilines is 1. The van der Waals surface area contributed by atoms with Gasteiger partial charge in [0.1, 0.15) is 16.5 Å². The van der Waals surface area contributed by atoms with E-state index in [1.54, 1.807) is 25.3 Å². The Morgan fingerprint density at radius 3 is 2.40 bits per heavy atom. The second-order valence-electron chi connectivity index (χ2n) is 8.44. The highest BCUT2D eigenvalue weighted by molar-refractivity contribution is 7.17. The van der Waals surface area contributed by atoms with Gasteiger partial charge in [-0.05, 0) is 51.8 Å². The Kier molecular flexibility index (Phi) is 5.84. The van der Waals surface area contributed by atoms with Crippen molar-refractivity contribution >= 4 is 28.2 Å². The molecule has 2 N–H and O–H groups in total. The highest BCUT2D eigenvalue weighted by atomic mass is 32.1. The molecule has 2 aromatic rings. The normalized spacial score (nSPS) is 16.4. The fourth-order valence-corrected chi connectivity index (χ4v) is 5.35. The zero-order valence-electron chi connectivity index (χ0n) is 18.4. The number of nitrogens with one attached hydrogen (secondary N) is 2. The number of hydrogen-bond donors (Lipinski definition) is 2. The van der Waals surface area contributed by atoms with Crippen molar-refractivity contribution in [3.05, 3.63) is 39.8 Å². The summed E-state index contributed by atoms with van der Waals surface area (Å²) in [5, 5.41) is 6.99. The van der Waals surface area contributed by atoms with Crippen molar-refractivity contribution in [2.75, 3.05) is 26.6 Å². The highest BCUT2D eigenvalue weighted by Crippen LogP contribution is 2.45. The van der Waals surface area contributed by atoms with Gasteiger partial charge in [0, 0.05) is 22.0 Å². The zero-order chi connectivity index (χ0) is 22.3. The van der Waals surface area contributed by atoms with Crippen LogP contribution in [0.2, 0.25) is 0 Å². The van der Waals surface area contributed by atoms with Crippen LogP contribution in [-0.4, -0.2) is 38.7 Å². The molecular formula is C22H28N2O5S.